The molecule has 6 heteroatoms. The standard InChI is InChI=1S/C8H19ClNO3P/c1-7(2)14(11,12)13-6-5-10(4)8(3)9/h7-8H,5-6H2,1-4H3,(H,11,12). The minimum absolute atomic E-state index is 0.101. The zero-order valence-corrected chi connectivity index (χ0v) is 10.8. The topological polar surface area (TPSA) is 49.8 Å². The van der Waals surface area contributed by atoms with Gasteiger partial charge in [0, 0.05) is 6.54 Å². The zero-order valence-electron chi connectivity index (χ0n) is 9.11. The van der Waals surface area contributed by atoms with Crippen molar-refractivity contribution < 1.29 is 14.0 Å². The third kappa shape index (κ3) is 5.32. The average Bonchev–Trinajstić information content (AvgIpc) is 2.03. The van der Waals surface area contributed by atoms with E-state index in [2.05, 4.69) is 0 Å². The summed E-state index contributed by atoms with van der Waals surface area (Å²) in [4.78, 5) is 11.2. The fraction of sp³-hybridized carbons (Fsp3) is 1.00. The summed E-state index contributed by atoms with van der Waals surface area (Å²) in [6, 6.07) is 0. The molecular weight excluding hydrogens is 225 g/mol. The van der Waals surface area contributed by atoms with E-state index in [0.717, 1.165) is 0 Å². The molecule has 0 saturated carbocycles. The Morgan fingerprint density at radius 1 is 1.50 bits per heavy atom. The lowest BCUT2D eigenvalue weighted by molar-refractivity contribution is 0.205. The maximum atomic E-state index is 11.3. The Labute approximate surface area is 90.7 Å². The van der Waals surface area contributed by atoms with Crippen LogP contribution in [0.1, 0.15) is 20.8 Å². The van der Waals surface area contributed by atoms with Gasteiger partial charge in [0.15, 0.2) is 0 Å². The van der Waals surface area contributed by atoms with Crippen molar-refractivity contribution in [2.45, 2.75) is 31.9 Å². The van der Waals surface area contributed by atoms with Gasteiger partial charge in [-0.2, -0.15) is 0 Å². The summed E-state index contributed by atoms with van der Waals surface area (Å²) < 4.78 is 16.3. The lowest BCUT2D eigenvalue weighted by Crippen LogP contribution is -2.28. The maximum absolute atomic E-state index is 11.3. The fourth-order valence-electron chi connectivity index (χ4n) is 0.643. The Morgan fingerprint density at radius 3 is 2.36 bits per heavy atom. The van der Waals surface area contributed by atoms with Gasteiger partial charge in [-0.25, -0.2) is 0 Å². The largest absolute Gasteiger partial charge is 0.330 e. The molecule has 0 aromatic carbocycles. The molecule has 0 aliphatic carbocycles. The van der Waals surface area contributed by atoms with Crippen LogP contribution in [-0.4, -0.2) is 41.2 Å². The van der Waals surface area contributed by atoms with Crippen molar-refractivity contribution in [3.63, 3.8) is 0 Å². The van der Waals surface area contributed by atoms with Crippen molar-refractivity contribution >= 4 is 19.2 Å². The normalized spacial score (nSPS) is 18.6. The minimum Gasteiger partial charge on any atom is -0.324 e. The second-order valence-corrected chi connectivity index (χ2v) is 6.60. The molecule has 0 aliphatic heterocycles. The molecule has 2 atom stereocenters. The molecule has 0 spiro atoms. The van der Waals surface area contributed by atoms with Crippen molar-refractivity contribution in [1.29, 1.82) is 0 Å². The summed E-state index contributed by atoms with van der Waals surface area (Å²) in [5.74, 6) is 0. The highest BCUT2D eigenvalue weighted by molar-refractivity contribution is 7.53. The minimum atomic E-state index is -3.42. The molecule has 0 saturated heterocycles. The van der Waals surface area contributed by atoms with Crippen LogP contribution in [0.15, 0.2) is 0 Å². The Morgan fingerprint density at radius 2 is 2.00 bits per heavy atom. The molecule has 0 rings (SSSR count). The number of likely N-dealkylation sites (N-methyl/N-ethyl adjacent to an activating group) is 1. The highest BCUT2D eigenvalue weighted by atomic mass is 35.5. The molecule has 86 valence electrons. The summed E-state index contributed by atoms with van der Waals surface area (Å²) in [5.41, 5.74) is -0.461. The third-order valence-corrected chi connectivity index (χ3v) is 4.17. The molecule has 0 aliphatic rings. The van der Waals surface area contributed by atoms with E-state index in [1.165, 1.54) is 0 Å². The molecule has 0 fully saturated rings. The quantitative estimate of drug-likeness (QED) is 0.441. The predicted octanol–water partition coefficient (Wildman–Crippen LogP) is 2.11. The van der Waals surface area contributed by atoms with E-state index >= 15 is 0 Å². The summed E-state index contributed by atoms with van der Waals surface area (Å²) in [6.07, 6.45) is 0. The first-order chi connectivity index (χ1) is 6.27. The number of hydrogen-bond acceptors (Lipinski definition) is 3. The number of hydrogen-bond donors (Lipinski definition) is 1. The Kier molecular flexibility index (Phi) is 6.26. The second kappa shape index (κ2) is 6.09. The van der Waals surface area contributed by atoms with E-state index in [-0.39, 0.29) is 17.8 Å². The molecular formula is C8H19ClNO3P. The van der Waals surface area contributed by atoms with E-state index in [1.54, 1.807) is 13.8 Å². The van der Waals surface area contributed by atoms with Gasteiger partial charge in [-0.05, 0) is 14.0 Å². The van der Waals surface area contributed by atoms with Crippen molar-refractivity contribution in [1.82, 2.24) is 4.90 Å². The van der Waals surface area contributed by atoms with E-state index in [4.69, 9.17) is 16.1 Å². The molecule has 0 heterocycles. The molecule has 0 aromatic rings. The number of alkyl halides is 1. The average molecular weight is 244 g/mol. The van der Waals surface area contributed by atoms with E-state index in [1.807, 2.05) is 18.9 Å². The van der Waals surface area contributed by atoms with Gasteiger partial charge in [0.05, 0.1) is 17.8 Å². The molecule has 2 unspecified atom stereocenters. The molecule has 14 heavy (non-hydrogen) atoms. The van der Waals surface area contributed by atoms with Crippen LogP contribution in [0.2, 0.25) is 0 Å². The highest BCUT2D eigenvalue weighted by Crippen LogP contribution is 2.46. The smallest absolute Gasteiger partial charge is 0.324 e. The van der Waals surface area contributed by atoms with Crippen LogP contribution in [-0.2, 0) is 9.09 Å². The first-order valence-electron chi connectivity index (χ1n) is 4.58. The van der Waals surface area contributed by atoms with Crippen molar-refractivity contribution in [3.05, 3.63) is 0 Å². The molecule has 0 bridgehead atoms. The molecule has 0 aromatic heterocycles. The van der Waals surface area contributed by atoms with Crippen LogP contribution in [0.3, 0.4) is 0 Å². The molecule has 1 N–H and O–H groups in total. The van der Waals surface area contributed by atoms with Gasteiger partial charge in [-0.1, -0.05) is 13.8 Å². The lowest BCUT2D eigenvalue weighted by atomic mass is 10.5. The molecule has 0 amide bonds. The first-order valence-corrected chi connectivity index (χ1v) is 6.67. The number of nitrogens with zero attached hydrogens (tertiary/aromatic N) is 1. The Balaban J connectivity index is 3.80. The molecule has 0 radical (unpaired) electrons. The lowest BCUT2D eigenvalue weighted by Gasteiger charge is -2.21. The summed E-state index contributed by atoms with van der Waals surface area (Å²) in [7, 11) is -1.59. The van der Waals surface area contributed by atoms with E-state index in [0.29, 0.717) is 6.54 Å². The van der Waals surface area contributed by atoms with Gasteiger partial charge in [0.2, 0.25) is 0 Å². The van der Waals surface area contributed by atoms with Crippen LogP contribution >= 0.6 is 19.2 Å². The number of rotatable bonds is 6. The zero-order chi connectivity index (χ0) is 11.4. The van der Waals surface area contributed by atoms with Gasteiger partial charge in [-0.15, -0.1) is 11.6 Å². The van der Waals surface area contributed by atoms with Crippen LogP contribution in [0.4, 0.5) is 0 Å². The third-order valence-electron chi connectivity index (χ3n) is 1.98. The van der Waals surface area contributed by atoms with E-state index < -0.39 is 7.60 Å². The number of halogens is 1. The second-order valence-electron chi connectivity index (χ2n) is 3.55. The predicted molar refractivity (Wildman–Crippen MR) is 58.9 cm³/mol. The van der Waals surface area contributed by atoms with Crippen LogP contribution in [0.25, 0.3) is 0 Å². The van der Waals surface area contributed by atoms with Gasteiger partial charge < -0.3 is 9.42 Å². The van der Waals surface area contributed by atoms with Gasteiger partial charge in [-0.3, -0.25) is 9.46 Å². The van der Waals surface area contributed by atoms with E-state index in [9.17, 15) is 9.46 Å². The summed E-state index contributed by atoms with van der Waals surface area (Å²) >= 11 is 5.78. The van der Waals surface area contributed by atoms with Crippen LogP contribution in [0.5, 0.6) is 0 Å². The highest BCUT2D eigenvalue weighted by Gasteiger charge is 2.24. The van der Waals surface area contributed by atoms with Gasteiger partial charge in [0.25, 0.3) is 0 Å². The van der Waals surface area contributed by atoms with Crippen molar-refractivity contribution in [2.75, 3.05) is 20.2 Å². The Bertz CT molecular complexity index is 211. The van der Waals surface area contributed by atoms with Gasteiger partial charge >= 0.3 is 7.60 Å². The van der Waals surface area contributed by atoms with Crippen LogP contribution < -0.4 is 0 Å². The first kappa shape index (κ1) is 14.4. The molecule has 4 nitrogen and oxygen atoms in total. The monoisotopic (exact) mass is 243 g/mol. The maximum Gasteiger partial charge on any atom is 0.330 e. The SMILES string of the molecule is CC(Cl)N(C)CCOP(=O)(O)C(C)C. The Hall–Kier alpha value is 0.400. The van der Waals surface area contributed by atoms with Crippen LogP contribution in [0, 0.1) is 0 Å². The van der Waals surface area contributed by atoms with Crippen molar-refractivity contribution in [3.8, 4) is 0 Å². The summed E-state index contributed by atoms with van der Waals surface area (Å²) in [6.45, 7) is 5.92. The fourth-order valence-corrected chi connectivity index (χ4v) is 1.38. The summed E-state index contributed by atoms with van der Waals surface area (Å²) in [5, 5.41) is 0. The van der Waals surface area contributed by atoms with Crippen molar-refractivity contribution in [2.24, 2.45) is 0 Å². The van der Waals surface area contributed by atoms with Gasteiger partial charge in [0.1, 0.15) is 0 Å².